The van der Waals surface area contributed by atoms with Gasteiger partial charge in [-0.15, -0.1) is 0 Å². The van der Waals surface area contributed by atoms with E-state index in [9.17, 15) is 0 Å². The van der Waals surface area contributed by atoms with Crippen LogP contribution in [0.4, 0.5) is 0 Å². The molecule has 0 spiro atoms. The van der Waals surface area contributed by atoms with Crippen LogP contribution in [0.1, 0.15) is 113 Å². The van der Waals surface area contributed by atoms with Crippen LogP contribution in [-0.2, 0) is 0 Å². The van der Waals surface area contributed by atoms with Crippen LogP contribution in [0, 0.1) is 0 Å². The highest BCUT2D eigenvalue weighted by Gasteiger charge is 1.94. The lowest BCUT2D eigenvalue weighted by Gasteiger charge is -2.02. The van der Waals surface area contributed by atoms with Crippen LogP contribution in [0.25, 0.3) is 0 Å². The van der Waals surface area contributed by atoms with Gasteiger partial charge in [0, 0.05) is 0 Å². The van der Waals surface area contributed by atoms with Crippen molar-refractivity contribution in [2.75, 3.05) is 0 Å². The van der Waals surface area contributed by atoms with E-state index in [1.165, 1.54) is 92.1 Å². The largest absolute Gasteiger partial charge is 0.0917 e. The molecular formula is C29H48. The quantitative estimate of drug-likeness (QED) is 0.191. The summed E-state index contributed by atoms with van der Waals surface area (Å²) in [6, 6.07) is 0. The zero-order valence-electron chi connectivity index (χ0n) is 20.6. The van der Waals surface area contributed by atoms with Crippen LogP contribution in [0.2, 0.25) is 0 Å². The molecule has 0 aliphatic carbocycles. The van der Waals surface area contributed by atoms with Crippen molar-refractivity contribution in [2.45, 2.75) is 113 Å². The standard InChI is InChI=1S/C29H48/c1-8-9-10-17-26(4)21-14-22-27(5)18-11-12-19-28(6)23-15-24-29(7)20-13-16-25(2)3/h8-9,16,18-19,21,24H,10-15,17,20,22-23H2,1-7H3/b9-8?,26-21+,27-18+,28-19+,29-24+. The smallest absolute Gasteiger partial charge is 0.0288 e. The summed E-state index contributed by atoms with van der Waals surface area (Å²) in [6.07, 6.45) is 28.3. The maximum absolute atomic E-state index is 2.43. The van der Waals surface area contributed by atoms with Gasteiger partial charge in [0.1, 0.15) is 0 Å². The second-order valence-corrected chi connectivity index (χ2v) is 8.78. The molecule has 0 aliphatic heterocycles. The van der Waals surface area contributed by atoms with Gasteiger partial charge in [0.25, 0.3) is 0 Å². The Balaban J connectivity index is 4.02. The third kappa shape index (κ3) is 19.5. The minimum Gasteiger partial charge on any atom is -0.0917 e. The summed E-state index contributed by atoms with van der Waals surface area (Å²) in [4.78, 5) is 0. The van der Waals surface area contributed by atoms with Crippen LogP contribution in [0.5, 0.6) is 0 Å². The molecule has 0 aliphatic rings. The van der Waals surface area contributed by atoms with Gasteiger partial charge in [-0.1, -0.05) is 70.4 Å². The number of rotatable bonds is 15. The Morgan fingerprint density at radius 2 is 0.793 bits per heavy atom. The van der Waals surface area contributed by atoms with E-state index in [2.05, 4.69) is 91.0 Å². The van der Waals surface area contributed by atoms with Gasteiger partial charge in [0.05, 0.1) is 0 Å². The molecule has 0 N–H and O–H groups in total. The average Bonchev–Trinajstić information content (AvgIpc) is 2.65. The van der Waals surface area contributed by atoms with Gasteiger partial charge in [-0.2, -0.15) is 0 Å². The molecule has 0 bridgehead atoms. The topological polar surface area (TPSA) is 0 Å². The van der Waals surface area contributed by atoms with Gasteiger partial charge in [0.2, 0.25) is 0 Å². The second kappa shape index (κ2) is 18.5. The van der Waals surface area contributed by atoms with E-state index < -0.39 is 0 Å². The summed E-state index contributed by atoms with van der Waals surface area (Å²) in [5.41, 5.74) is 7.54. The van der Waals surface area contributed by atoms with Crippen molar-refractivity contribution in [1.82, 2.24) is 0 Å². The van der Waals surface area contributed by atoms with Crippen molar-refractivity contribution in [3.05, 3.63) is 70.4 Å². The molecule has 0 nitrogen and oxygen atoms in total. The van der Waals surface area contributed by atoms with Crippen molar-refractivity contribution in [3.8, 4) is 0 Å². The predicted molar refractivity (Wildman–Crippen MR) is 135 cm³/mol. The number of allylic oxidation sites excluding steroid dienone is 12. The molecule has 0 unspecified atom stereocenters. The van der Waals surface area contributed by atoms with E-state index in [0.29, 0.717) is 0 Å². The van der Waals surface area contributed by atoms with Crippen LogP contribution in [-0.4, -0.2) is 0 Å². The lowest BCUT2D eigenvalue weighted by Crippen LogP contribution is -1.82. The fourth-order valence-corrected chi connectivity index (χ4v) is 3.23. The predicted octanol–water partition coefficient (Wildman–Crippen LogP) is 10.2. The maximum atomic E-state index is 2.43. The normalized spacial score (nSPS) is 14.0. The molecule has 0 heteroatoms. The zero-order valence-corrected chi connectivity index (χ0v) is 20.6. The highest BCUT2D eigenvalue weighted by atomic mass is 14.0. The first-order valence-electron chi connectivity index (χ1n) is 11.7. The summed E-state index contributed by atoms with van der Waals surface area (Å²) in [5, 5.41) is 0. The summed E-state index contributed by atoms with van der Waals surface area (Å²) in [7, 11) is 0. The highest BCUT2D eigenvalue weighted by Crippen LogP contribution is 2.14. The lowest BCUT2D eigenvalue weighted by atomic mass is 10.0. The van der Waals surface area contributed by atoms with E-state index in [0.717, 1.165) is 0 Å². The molecule has 0 saturated carbocycles. The third-order valence-corrected chi connectivity index (χ3v) is 5.25. The Bertz CT molecular complexity index is 598. The monoisotopic (exact) mass is 396 g/mol. The van der Waals surface area contributed by atoms with Gasteiger partial charge in [-0.25, -0.2) is 0 Å². The highest BCUT2D eigenvalue weighted by molar-refractivity contribution is 5.07. The fraction of sp³-hybridized carbons (Fsp3) is 0.586. The van der Waals surface area contributed by atoms with Crippen molar-refractivity contribution in [3.63, 3.8) is 0 Å². The average molecular weight is 397 g/mol. The summed E-state index contributed by atoms with van der Waals surface area (Å²) in [5.74, 6) is 0. The molecule has 164 valence electrons. The van der Waals surface area contributed by atoms with E-state index in [1.807, 2.05) is 0 Å². The Hall–Kier alpha value is -1.56. The second-order valence-electron chi connectivity index (χ2n) is 8.78. The first-order valence-corrected chi connectivity index (χ1v) is 11.7. The summed E-state index contributed by atoms with van der Waals surface area (Å²) < 4.78 is 0. The van der Waals surface area contributed by atoms with Gasteiger partial charge < -0.3 is 0 Å². The molecular weight excluding hydrogens is 348 g/mol. The van der Waals surface area contributed by atoms with E-state index in [4.69, 9.17) is 0 Å². The SMILES string of the molecule is CC=CCC/C(C)=C/CC/C(C)=C/CC/C=C(\C)CC/C=C(\C)CCC=C(C)C. The van der Waals surface area contributed by atoms with Crippen molar-refractivity contribution in [2.24, 2.45) is 0 Å². The summed E-state index contributed by atoms with van der Waals surface area (Å²) in [6.45, 7) is 15.5. The molecule has 0 radical (unpaired) electrons. The van der Waals surface area contributed by atoms with E-state index >= 15 is 0 Å². The van der Waals surface area contributed by atoms with Crippen molar-refractivity contribution >= 4 is 0 Å². The third-order valence-electron chi connectivity index (χ3n) is 5.25. The molecule has 0 rings (SSSR count). The van der Waals surface area contributed by atoms with E-state index in [-0.39, 0.29) is 0 Å². The molecule has 0 fully saturated rings. The molecule has 0 heterocycles. The van der Waals surface area contributed by atoms with Crippen molar-refractivity contribution in [1.29, 1.82) is 0 Å². The summed E-state index contributed by atoms with van der Waals surface area (Å²) >= 11 is 0. The Morgan fingerprint density at radius 1 is 0.448 bits per heavy atom. The van der Waals surface area contributed by atoms with Crippen LogP contribution in [0.15, 0.2) is 70.4 Å². The minimum atomic E-state index is 1.17. The Labute approximate surface area is 183 Å². The Kier molecular flexibility index (Phi) is 17.5. The minimum absolute atomic E-state index is 1.17. The number of hydrogen-bond donors (Lipinski definition) is 0. The van der Waals surface area contributed by atoms with Gasteiger partial charge >= 0.3 is 0 Å². The molecule has 0 amide bonds. The zero-order chi connectivity index (χ0) is 21.9. The van der Waals surface area contributed by atoms with Crippen LogP contribution >= 0.6 is 0 Å². The number of hydrogen-bond acceptors (Lipinski definition) is 0. The van der Waals surface area contributed by atoms with Gasteiger partial charge in [-0.05, 0) is 113 Å². The van der Waals surface area contributed by atoms with Crippen LogP contribution in [0.3, 0.4) is 0 Å². The van der Waals surface area contributed by atoms with E-state index in [1.54, 1.807) is 0 Å². The molecule has 0 saturated heterocycles. The molecule has 0 aromatic carbocycles. The Morgan fingerprint density at radius 3 is 1.17 bits per heavy atom. The molecule has 29 heavy (non-hydrogen) atoms. The van der Waals surface area contributed by atoms with Gasteiger partial charge in [-0.3, -0.25) is 0 Å². The number of unbranched alkanes of at least 4 members (excludes halogenated alkanes) is 1. The fourth-order valence-electron chi connectivity index (χ4n) is 3.23. The molecule has 0 aromatic rings. The maximum Gasteiger partial charge on any atom is -0.0288 e. The lowest BCUT2D eigenvalue weighted by molar-refractivity contribution is 0.897. The molecule has 0 atom stereocenters. The first-order chi connectivity index (χ1) is 13.8. The van der Waals surface area contributed by atoms with Crippen LogP contribution < -0.4 is 0 Å². The first kappa shape index (κ1) is 27.4. The van der Waals surface area contributed by atoms with Crippen molar-refractivity contribution < 1.29 is 0 Å². The van der Waals surface area contributed by atoms with Gasteiger partial charge in [0.15, 0.2) is 0 Å². The molecule has 0 aromatic heterocycles.